The number of esters is 1. The van der Waals surface area contributed by atoms with Crippen molar-refractivity contribution in [3.63, 3.8) is 0 Å². The van der Waals surface area contributed by atoms with Crippen molar-refractivity contribution in [1.29, 1.82) is 0 Å². The van der Waals surface area contributed by atoms with E-state index in [1.165, 1.54) is 55.7 Å². The first kappa shape index (κ1) is 40.4. The average molecular weight is 799 g/mol. The van der Waals surface area contributed by atoms with Crippen molar-refractivity contribution in [1.82, 2.24) is 0 Å². The van der Waals surface area contributed by atoms with E-state index in [9.17, 15) is 65.1 Å². The summed E-state index contributed by atoms with van der Waals surface area (Å²) >= 11 is 0. The van der Waals surface area contributed by atoms with Crippen molar-refractivity contribution in [2.24, 2.45) is 0 Å². The molecule has 2 aliphatic heterocycles. The number of hydrogen-bond donors (Lipinski definition) is 9. The van der Waals surface area contributed by atoms with Crippen LogP contribution in [0.15, 0.2) is 76.0 Å². The Morgan fingerprint density at radius 3 is 2.00 bits per heavy atom. The first-order valence-corrected chi connectivity index (χ1v) is 16.7. The summed E-state index contributed by atoms with van der Waals surface area (Å²) in [5.74, 6) is -5.75. The van der Waals surface area contributed by atoms with Gasteiger partial charge in [0.2, 0.25) is 6.29 Å². The van der Waals surface area contributed by atoms with Crippen molar-refractivity contribution >= 4 is 35.0 Å². The van der Waals surface area contributed by atoms with Crippen LogP contribution in [0.3, 0.4) is 0 Å². The highest BCUT2D eigenvalue weighted by Crippen LogP contribution is 2.34. The number of carbonyl (C=O) groups is 3. The second kappa shape index (κ2) is 16.5. The van der Waals surface area contributed by atoms with E-state index in [1.807, 2.05) is 0 Å². The quantitative estimate of drug-likeness (QED) is 0.0714. The number of rotatable bonds is 11. The van der Waals surface area contributed by atoms with Crippen molar-refractivity contribution in [3.05, 3.63) is 82.5 Å². The van der Waals surface area contributed by atoms with Gasteiger partial charge in [-0.1, -0.05) is 6.07 Å². The number of carbonyl (C=O) groups excluding carboxylic acids is 1. The normalized spacial score (nSPS) is 27.5. The molecular formula is C37H34O20. The number of carboxylic acid groups (broad SMARTS) is 2. The molecule has 0 spiro atoms. The number of phenolic OH excluding ortho intramolecular Hbond substituents is 3. The maximum absolute atomic E-state index is 12.9. The van der Waals surface area contributed by atoms with Crippen LogP contribution in [0.25, 0.3) is 28.4 Å². The van der Waals surface area contributed by atoms with E-state index in [-0.39, 0.29) is 45.3 Å². The van der Waals surface area contributed by atoms with E-state index in [0.717, 1.165) is 24.3 Å². The lowest BCUT2D eigenvalue weighted by atomic mass is 9.96. The number of ether oxygens (including phenoxy) is 6. The number of aromatic hydroxyl groups is 3. The molecule has 3 aromatic carbocycles. The Balaban J connectivity index is 1.27. The lowest BCUT2D eigenvalue weighted by molar-refractivity contribution is -0.350. The molecule has 57 heavy (non-hydrogen) atoms. The predicted octanol–water partition coefficient (Wildman–Crippen LogP) is 0.0372. The summed E-state index contributed by atoms with van der Waals surface area (Å²) in [7, 11) is 1.30. The summed E-state index contributed by atoms with van der Waals surface area (Å²) in [5, 5.41) is 92.2. The topological polar surface area (TPSA) is 319 Å². The molecule has 0 unspecified atom stereocenters. The van der Waals surface area contributed by atoms with Gasteiger partial charge in [0.25, 0.3) is 0 Å². The SMILES string of the molecule is COc1cc(C=CC(=O)O[C@H]2[C@H](O[C@H]3[C@H](Oc4ccc(-c5cc(=O)c6c(O)cc(O)cc6o5)cc4)O[C@H](C(=O)O)[C@@H](O)[C@@H]3O)O[C@H](C(=O)O)[C@@H](O)[C@@H]2O)ccc1O. The lowest BCUT2D eigenvalue weighted by Crippen LogP contribution is -2.66. The first-order chi connectivity index (χ1) is 27.1. The Kier molecular flexibility index (Phi) is 11.7. The first-order valence-electron chi connectivity index (χ1n) is 16.7. The molecule has 0 saturated carbocycles. The van der Waals surface area contributed by atoms with Crippen LogP contribution in [0.4, 0.5) is 0 Å². The van der Waals surface area contributed by atoms with Crippen LogP contribution in [-0.4, -0.2) is 132 Å². The fourth-order valence-electron chi connectivity index (χ4n) is 6.08. The molecule has 1 aromatic heterocycles. The molecule has 2 fully saturated rings. The smallest absolute Gasteiger partial charge is 0.335 e. The van der Waals surface area contributed by atoms with Crippen LogP contribution in [0, 0.1) is 0 Å². The summed E-state index contributed by atoms with van der Waals surface area (Å²) in [6.07, 6.45) is -19.0. The maximum atomic E-state index is 12.9. The molecule has 20 heteroatoms. The van der Waals surface area contributed by atoms with E-state index >= 15 is 0 Å². The van der Waals surface area contributed by atoms with Gasteiger partial charge in [0, 0.05) is 29.8 Å². The van der Waals surface area contributed by atoms with Crippen LogP contribution >= 0.6 is 0 Å². The minimum absolute atomic E-state index is 0.00469. The molecule has 20 nitrogen and oxygen atoms in total. The summed E-state index contributed by atoms with van der Waals surface area (Å²) in [5.41, 5.74) is -0.117. The summed E-state index contributed by atoms with van der Waals surface area (Å²) in [6.45, 7) is 0. The van der Waals surface area contributed by atoms with Gasteiger partial charge in [-0.25, -0.2) is 14.4 Å². The molecule has 10 atom stereocenters. The molecule has 2 aliphatic rings. The molecule has 9 N–H and O–H groups in total. The highest BCUT2D eigenvalue weighted by atomic mass is 16.8. The molecule has 0 aliphatic carbocycles. The standard InChI is InChI=1S/C37H34O20/c1-51-22-10-14(2-8-18(22)39)3-9-24(42)54-32-28(45)26(43)31(35(49)50)56-37(32)57-33-29(46)27(44)30(34(47)48)55-36(33)52-17-6-4-15(5-7-17)21-13-20(41)25-19(40)11-16(38)12-23(25)53-21/h2-13,26-33,36-40,43-46H,1H3,(H,47,48)(H,49,50)/t26-,27-,28-,29-,30-,31-,32+,33+,36+,37-/m0/s1. The Morgan fingerprint density at radius 1 is 0.737 bits per heavy atom. The summed E-state index contributed by atoms with van der Waals surface area (Å²) in [4.78, 5) is 49.6. The number of aliphatic hydroxyl groups excluding tert-OH is 4. The van der Waals surface area contributed by atoms with Crippen LogP contribution < -0.4 is 14.9 Å². The molecule has 6 rings (SSSR count). The van der Waals surface area contributed by atoms with E-state index in [2.05, 4.69) is 0 Å². The molecular weight excluding hydrogens is 764 g/mol. The largest absolute Gasteiger partial charge is 0.508 e. The summed E-state index contributed by atoms with van der Waals surface area (Å²) < 4.78 is 38.4. The number of aliphatic carboxylic acids is 2. The van der Waals surface area contributed by atoms with E-state index in [4.69, 9.17) is 32.8 Å². The molecule has 0 radical (unpaired) electrons. The minimum Gasteiger partial charge on any atom is -0.508 e. The fraction of sp³-hybridized carbons (Fsp3) is 0.297. The van der Waals surface area contributed by atoms with Gasteiger partial charge >= 0.3 is 17.9 Å². The number of fused-ring (bicyclic) bond motifs is 1. The number of benzene rings is 3. The van der Waals surface area contributed by atoms with Gasteiger partial charge in [-0.15, -0.1) is 0 Å². The Morgan fingerprint density at radius 2 is 1.37 bits per heavy atom. The van der Waals surface area contributed by atoms with Gasteiger partial charge in [0.05, 0.1) is 7.11 Å². The van der Waals surface area contributed by atoms with Crippen LogP contribution in [0.1, 0.15) is 5.56 Å². The Hall–Kier alpha value is -6.26. The monoisotopic (exact) mass is 798 g/mol. The fourth-order valence-corrected chi connectivity index (χ4v) is 6.08. The maximum Gasteiger partial charge on any atom is 0.335 e. The highest BCUT2D eigenvalue weighted by Gasteiger charge is 2.55. The number of hydrogen-bond acceptors (Lipinski definition) is 18. The third kappa shape index (κ3) is 8.46. The second-order valence-corrected chi connectivity index (χ2v) is 12.7. The number of aliphatic hydroxyl groups is 4. The Labute approximate surface area is 319 Å². The van der Waals surface area contributed by atoms with Gasteiger partial charge in [-0.3, -0.25) is 4.79 Å². The number of methoxy groups -OCH3 is 1. The van der Waals surface area contributed by atoms with Crippen LogP contribution in [0.2, 0.25) is 0 Å². The predicted molar refractivity (Wildman–Crippen MR) is 187 cm³/mol. The molecule has 2 saturated heterocycles. The summed E-state index contributed by atoms with van der Waals surface area (Å²) in [6, 6.07) is 12.6. The highest BCUT2D eigenvalue weighted by molar-refractivity contribution is 5.87. The van der Waals surface area contributed by atoms with Gasteiger partial charge in [-0.2, -0.15) is 0 Å². The zero-order valence-corrected chi connectivity index (χ0v) is 29.2. The van der Waals surface area contributed by atoms with E-state index in [1.54, 1.807) is 0 Å². The number of carboxylic acids is 2. The van der Waals surface area contributed by atoms with Gasteiger partial charge < -0.3 is 78.8 Å². The molecule has 4 aromatic rings. The van der Waals surface area contributed by atoms with E-state index < -0.39 is 90.5 Å². The minimum atomic E-state index is -2.19. The zero-order chi connectivity index (χ0) is 41.3. The van der Waals surface area contributed by atoms with Gasteiger partial charge in [0.1, 0.15) is 58.4 Å². The average Bonchev–Trinajstić information content (AvgIpc) is 3.16. The van der Waals surface area contributed by atoms with Crippen molar-refractivity contribution in [2.45, 2.75) is 61.4 Å². The Bertz CT molecular complexity index is 2230. The lowest BCUT2D eigenvalue weighted by Gasteiger charge is -2.45. The van der Waals surface area contributed by atoms with E-state index in [0.29, 0.717) is 5.56 Å². The van der Waals surface area contributed by atoms with Gasteiger partial charge in [-0.05, 0) is 48.0 Å². The van der Waals surface area contributed by atoms with Crippen molar-refractivity contribution < 1.29 is 93.2 Å². The molecule has 302 valence electrons. The van der Waals surface area contributed by atoms with Crippen LogP contribution in [-0.2, 0) is 33.3 Å². The number of phenols is 3. The van der Waals surface area contributed by atoms with Gasteiger partial charge in [0.15, 0.2) is 47.6 Å². The zero-order valence-electron chi connectivity index (χ0n) is 29.2. The third-order valence-electron chi connectivity index (χ3n) is 8.92. The molecule has 3 heterocycles. The van der Waals surface area contributed by atoms with Crippen molar-refractivity contribution in [3.8, 4) is 40.1 Å². The molecule has 0 bridgehead atoms. The van der Waals surface area contributed by atoms with Crippen molar-refractivity contribution in [2.75, 3.05) is 7.11 Å². The second-order valence-electron chi connectivity index (χ2n) is 12.7. The molecule has 0 amide bonds. The van der Waals surface area contributed by atoms with Crippen LogP contribution in [0.5, 0.6) is 28.7 Å². The third-order valence-corrected chi connectivity index (χ3v) is 8.92.